The molecule has 2 aromatic carbocycles. The van der Waals surface area contributed by atoms with Crippen molar-refractivity contribution in [2.75, 3.05) is 45.6 Å². The highest BCUT2D eigenvalue weighted by Crippen LogP contribution is 2.24. The van der Waals surface area contributed by atoms with E-state index in [0.29, 0.717) is 56.5 Å². The van der Waals surface area contributed by atoms with Crippen LogP contribution in [0.3, 0.4) is 0 Å². The summed E-state index contributed by atoms with van der Waals surface area (Å²) < 4.78 is 34.0. The van der Waals surface area contributed by atoms with Crippen molar-refractivity contribution in [2.24, 2.45) is 4.99 Å². The van der Waals surface area contributed by atoms with Gasteiger partial charge in [0.1, 0.15) is 23.1 Å². The number of carbonyl (C=O) groups is 4. The monoisotopic (exact) mass is 756 g/mol. The zero-order valence-electron chi connectivity index (χ0n) is 30.4. The summed E-state index contributed by atoms with van der Waals surface area (Å²) in [6.07, 6.45) is 4.35. The van der Waals surface area contributed by atoms with Crippen molar-refractivity contribution >= 4 is 56.3 Å². The number of nitrogens with zero attached hydrogens (tertiary/aromatic N) is 5. The van der Waals surface area contributed by atoms with E-state index in [9.17, 15) is 27.6 Å². The number of carbonyl (C=O) groups excluding carboxylic acids is 4. The largest absolute Gasteiger partial charge is 0.461 e. The summed E-state index contributed by atoms with van der Waals surface area (Å²) >= 11 is 0. The van der Waals surface area contributed by atoms with Gasteiger partial charge >= 0.3 is 0 Å². The van der Waals surface area contributed by atoms with Gasteiger partial charge < -0.3 is 24.4 Å². The highest BCUT2D eigenvalue weighted by molar-refractivity contribution is 7.89. The Labute approximate surface area is 313 Å². The highest BCUT2D eigenvalue weighted by Gasteiger charge is 2.34. The first-order chi connectivity index (χ1) is 25.9. The van der Waals surface area contributed by atoms with Crippen LogP contribution in [0.15, 0.2) is 87.2 Å². The van der Waals surface area contributed by atoms with Crippen LogP contribution in [0.1, 0.15) is 58.7 Å². The molecule has 2 aromatic heterocycles. The van der Waals surface area contributed by atoms with Gasteiger partial charge in [0.25, 0.3) is 11.8 Å². The fraction of sp³-hybridized carbons (Fsp3) is 0.368. The zero-order valence-corrected chi connectivity index (χ0v) is 31.3. The van der Waals surface area contributed by atoms with Crippen molar-refractivity contribution in [2.45, 2.75) is 56.0 Å². The number of aliphatic imine (C=N–C) groups is 1. The number of aromatic nitrogens is 1. The maximum absolute atomic E-state index is 14.0. The number of amides is 4. The molecule has 4 aromatic rings. The van der Waals surface area contributed by atoms with Crippen molar-refractivity contribution in [3.05, 3.63) is 89.9 Å². The normalized spacial score (nSPS) is 18.1. The molecular weight excluding hydrogens is 713 g/mol. The average Bonchev–Trinajstić information content (AvgIpc) is 3.75. The third kappa shape index (κ3) is 9.12. The number of likely N-dealkylation sites (tertiary alicyclic amines) is 2. The minimum atomic E-state index is -3.75. The quantitative estimate of drug-likeness (QED) is 0.161. The van der Waals surface area contributed by atoms with Gasteiger partial charge in [-0.25, -0.2) is 18.1 Å². The molecule has 15 nitrogen and oxygen atoms in total. The fourth-order valence-corrected chi connectivity index (χ4v) is 7.68. The minimum Gasteiger partial charge on any atom is -0.461 e. The third-order valence-electron chi connectivity index (χ3n) is 9.41. The molecule has 4 amide bonds. The highest BCUT2D eigenvalue weighted by atomic mass is 32.2. The Morgan fingerprint density at radius 3 is 2.52 bits per heavy atom. The van der Waals surface area contributed by atoms with Gasteiger partial charge in [-0.2, -0.15) is 0 Å². The lowest BCUT2D eigenvalue weighted by Crippen LogP contribution is -2.49. The maximum Gasteiger partial charge on any atom is 0.271 e. The lowest BCUT2D eigenvalue weighted by Gasteiger charge is -2.29. The fourth-order valence-electron chi connectivity index (χ4n) is 6.59. The molecule has 0 radical (unpaired) electrons. The molecule has 0 spiro atoms. The van der Waals surface area contributed by atoms with Gasteiger partial charge in [0.2, 0.25) is 27.8 Å². The molecule has 4 heterocycles. The number of hydrogen-bond acceptors (Lipinski definition) is 9. The van der Waals surface area contributed by atoms with Gasteiger partial charge in [0, 0.05) is 57.0 Å². The predicted octanol–water partition coefficient (Wildman–Crippen LogP) is 3.39. The van der Waals surface area contributed by atoms with Crippen LogP contribution in [-0.4, -0.2) is 110 Å². The molecule has 2 aliphatic heterocycles. The Balaban J connectivity index is 1.18. The second kappa shape index (κ2) is 16.6. The average molecular weight is 757 g/mol. The van der Waals surface area contributed by atoms with Crippen LogP contribution in [0.25, 0.3) is 11.0 Å². The number of pyridine rings is 1. The Kier molecular flexibility index (Phi) is 11.7. The van der Waals surface area contributed by atoms with E-state index >= 15 is 0 Å². The summed E-state index contributed by atoms with van der Waals surface area (Å²) in [6.45, 7) is 2.54. The molecule has 0 unspecified atom stereocenters. The SMILES string of the molecule is Cc1cc2cc(NC(=N[C@H]3CCCCN(CC(=O)N4CCC[C@@H]4CNS(=O)(=O)c4ccccc4)C3=O)NC(=O)c3ccc(C(=O)N(C)C)nc3)ccc2o1. The molecule has 3 N–H and O–H groups in total. The van der Waals surface area contributed by atoms with Crippen LogP contribution < -0.4 is 15.4 Å². The lowest BCUT2D eigenvalue weighted by atomic mass is 10.1. The number of hydrogen-bond donors (Lipinski definition) is 3. The summed E-state index contributed by atoms with van der Waals surface area (Å²) in [4.78, 5) is 67.1. The minimum absolute atomic E-state index is 0.0184. The van der Waals surface area contributed by atoms with E-state index in [0.717, 1.165) is 11.1 Å². The zero-order chi connectivity index (χ0) is 38.4. The van der Waals surface area contributed by atoms with Crippen LogP contribution in [-0.2, 0) is 19.6 Å². The topological polar surface area (TPSA) is 187 Å². The first-order valence-corrected chi connectivity index (χ1v) is 19.3. The summed E-state index contributed by atoms with van der Waals surface area (Å²) in [5.41, 5.74) is 1.63. The maximum atomic E-state index is 14.0. The molecule has 54 heavy (non-hydrogen) atoms. The van der Waals surface area contributed by atoms with Crippen LogP contribution >= 0.6 is 0 Å². The number of sulfonamides is 1. The number of benzene rings is 2. The van der Waals surface area contributed by atoms with Gasteiger partial charge in [-0.3, -0.25) is 29.5 Å². The van der Waals surface area contributed by atoms with Gasteiger partial charge in [0.15, 0.2) is 0 Å². The number of furan rings is 1. The first kappa shape index (κ1) is 38.1. The number of aryl methyl sites for hydroxylation is 1. The van der Waals surface area contributed by atoms with Crippen LogP contribution in [0, 0.1) is 6.92 Å². The summed E-state index contributed by atoms with van der Waals surface area (Å²) in [5, 5.41) is 6.76. The van der Waals surface area contributed by atoms with Gasteiger partial charge in [0.05, 0.1) is 17.0 Å². The summed E-state index contributed by atoms with van der Waals surface area (Å²) in [7, 11) is -0.536. The van der Waals surface area contributed by atoms with E-state index in [1.54, 1.807) is 49.3 Å². The molecule has 2 fully saturated rings. The molecule has 2 aliphatic rings. The van der Waals surface area contributed by atoms with Gasteiger partial charge in [-0.15, -0.1) is 0 Å². The van der Waals surface area contributed by atoms with Gasteiger partial charge in [-0.1, -0.05) is 18.2 Å². The van der Waals surface area contributed by atoms with E-state index in [-0.39, 0.29) is 59.0 Å². The Hall–Kier alpha value is -5.61. The predicted molar refractivity (Wildman–Crippen MR) is 202 cm³/mol. The van der Waals surface area contributed by atoms with Crippen molar-refractivity contribution in [3.63, 3.8) is 0 Å². The third-order valence-corrected chi connectivity index (χ3v) is 10.8. The van der Waals surface area contributed by atoms with E-state index < -0.39 is 22.0 Å². The molecule has 284 valence electrons. The van der Waals surface area contributed by atoms with Crippen LogP contribution in [0.4, 0.5) is 5.69 Å². The standard InChI is InChI=1S/C38H44N8O7S/c1-25-20-27-21-28(15-17-33(27)53-25)41-38(43-35(48)26-14-16-31(39-22-26)36(49)44(2)3)42-32-13-7-8-18-45(37(32)50)24-34(47)46-19-9-10-29(46)23-40-54(51,52)30-11-5-4-6-12-30/h4-6,11-12,14-17,20-22,29,32,40H,7-10,13,18-19,23-24H2,1-3H3,(H2,41,42,43,48)/t29-,32+/m1/s1. The second-order valence-electron chi connectivity index (χ2n) is 13.6. The Morgan fingerprint density at radius 2 is 1.78 bits per heavy atom. The first-order valence-electron chi connectivity index (χ1n) is 17.8. The molecule has 16 heteroatoms. The van der Waals surface area contributed by atoms with Crippen molar-refractivity contribution in [1.82, 2.24) is 29.7 Å². The smallest absolute Gasteiger partial charge is 0.271 e. The Bertz CT molecular complexity index is 2150. The molecule has 0 saturated carbocycles. The van der Waals surface area contributed by atoms with Crippen molar-refractivity contribution in [1.29, 1.82) is 0 Å². The summed E-state index contributed by atoms with van der Waals surface area (Å²) in [5.74, 6) is -0.740. The number of fused-ring (bicyclic) bond motifs is 1. The van der Waals surface area contributed by atoms with E-state index in [1.165, 1.54) is 40.3 Å². The molecule has 0 aliphatic carbocycles. The van der Waals surface area contributed by atoms with Crippen molar-refractivity contribution < 1.29 is 32.0 Å². The van der Waals surface area contributed by atoms with Gasteiger partial charge in [-0.05, 0) is 87.6 Å². The number of rotatable bonds is 10. The molecule has 6 rings (SSSR count). The van der Waals surface area contributed by atoms with Crippen molar-refractivity contribution in [3.8, 4) is 0 Å². The molecule has 0 bridgehead atoms. The lowest BCUT2D eigenvalue weighted by molar-refractivity contribution is -0.141. The second-order valence-corrected chi connectivity index (χ2v) is 15.4. The molecule has 2 saturated heterocycles. The summed E-state index contributed by atoms with van der Waals surface area (Å²) in [6, 6.07) is 17.0. The Morgan fingerprint density at radius 1 is 0.981 bits per heavy atom. The molecular formula is C38H44N8O7S. The number of nitrogens with one attached hydrogen (secondary N) is 3. The van der Waals surface area contributed by atoms with E-state index in [2.05, 4.69) is 20.3 Å². The molecule has 2 atom stereocenters. The van der Waals surface area contributed by atoms with E-state index in [1.807, 2.05) is 19.1 Å². The van der Waals surface area contributed by atoms with Crippen LogP contribution in [0.5, 0.6) is 0 Å². The number of anilines is 1. The van der Waals surface area contributed by atoms with Crippen LogP contribution in [0.2, 0.25) is 0 Å². The number of guanidine groups is 1. The van der Waals surface area contributed by atoms with E-state index in [4.69, 9.17) is 9.41 Å².